The molecule has 0 N–H and O–H groups in total. The van der Waals surface area contributed by atoms with E-state index in [1.165, 1.54) is 5.56 Å². The molecule has 1 rings (SSSR count). The van der Waals surface area contributed by atoms with Crippen molar-refractivity contribution in [2.24, 2.45) is 4.99 Å². The molecule has 0 unspecified atom stereocenters. The zero-order valence-corrected chi connectivity index (χ0v) is 11.8. The maximum Gasteiger partial charge on any atom is 0.0594 e. The zero-order valence-electron chi connectivity index (χ0n) is 11.8. The van der Waals surface area contributed by atoms with Gasteiger partial charge in [0.05, 0.1) is 6.54 Å². The summed E-state index contributed by atoms with van der Waals surface area (Å²) in [6.07, 6.45) is 5.60. The van der Waals surface area contributed by atoms with Gasteiger partial charge in [0.25, 0.3) is 0 Å². The Labute approximate surface area is 116 Å². The van der Waals surface area contributed by atoms with E-state index in [0.717, 1.165) is 22.3 Å². The molecule has 0 amide bonds. The highest BCUT2D eigenvalue weighted by Gasteiger charge is 1.99. The van der Waals surface area contributed by atoms with Gasteiger partial charge >= 0.3 is 0 Å². The molecule has 0 bridgehead atoms. The summed E-state index contributed by atoms with van der Waals surface area (Å²) in [6.45, 7) is 16.2. The molecule has 1 aromatic rings. The first-order valence-corrected chi connectivity index (χ1v) is 6.27. The molecule has 1 aromatic carbocycles. The molecule has 0 spiro atoms. The topological polar surface area (TPSA) is 12.4 Å². The first-order valence-electron chi connectivity index (χ1n) is 6.27. The van der Waals surface area contributed by atoms with Crippen molar-refractivity contribution in [1.82, 2.24) is 0 Å². The first-order chi connectivity index (χ1) is 9.02. The number of aliphatic imine (C=N–C) groups is 1. The highest BCUT2D eigenvalue weighted by Crippen LogP contribution is 2.16. The number of benzene rings is 1. The van der Waals surface area contributed by atoms with E-state index < -0.39 is 0 Å². The van der Waals surface area contributed by atoms with Crippen LogP contribution in [0, 0.1) is 6.92 Å². The molecule has 0 aromatic heterocycles. The van der Waals surface area contributed by atoms with Gasteiger partial charge in [0, 0.05) is 11.8 Å². The third-order valence-electron chi connectivity index (χ3n) is 2.55. The molecule has 0 saturated heterocycles. The summed E-state index contributed by atoms with van der Waals surface area (Å²) >= 11 is 0. The third-order valence-corrected chi connectivity index (χ3v) is 2.55. The number of nitrogens with zero attached hydrogens (tertiary/aromatic N) is 1. The summed E-state index contributed by atoms with van der Waals surface area (Å²) < 4.78 is 0. The number of hydrogen-bond donors (Lipinski definition) is 0. The molecule has 0 saturated carbocycles. The van der Waals surface area contributed by atoms with E-state index >= 15 is 0 Å². The van der Waals surface area contributed by atoms with E-state index in [1.54, 1.807) is 6.08 Å². The van der Waals surface area contributed by atoms with Crippen molar-refractivity contribution in [1.29, 1.82) is 0 Å². The van der Waals surface area contributed by atoms with E-state index in [0.29, 0.717) is 6.54 Å². The summed E-state index contributed by atoms with van der Waals surface area (Å²) in [4.78, 5) is 4.40. The highest BCUT2D eigenvalue weighted by molar-refractivity contribution is 6.10. The van der Waals surface area contributed by atoms with Crippen LogP contribution in [0.25, 0.3) is 5.57 Å². The van der Waals surface area contributed by atoms with Crippen molar-refractivity contribution < 1.29 is 0 Å². The maximum atomic E-state index is 4.40. The molecule has 0 fully saturated rings. The molecule has 98 valence electrons. The van der Waals surface area contributed by atoms with E-state index in [2.05, 4.69) is 49.9 Å². The van der Waals surface area contributed by atoms with Gasteiger partial charge in [-0.15, -0.1) is 0 Å². The normalized spacial score (nSPS) is 11.6. The Balaban J connectivity index is 3.09. The van der Waals surface area contributed by atoms with Gasteiger partial charge in [0.1, 0.15) is 0 Å². The predicted octanol–water partition coefficient (Wildman–Crippen LogP) is 4.77. The van der Waals surface area contributed by atoms with Gasteiger partial charge in [-0.2, -0.15) is 0 Å². The second-order valence-corrected chi connectivity index (χ2v) is 4.68. The highest BCUT2D eigenvalue weighted by atomic mass is 14.7. The summed E-state index contributed by atoms with van der Waals surface area (Å²) in [5.41, 5.74) is 5.31. The zero-order chi connectivity index (χ0) is 14.3. The summed E-state index contributed by atoms with van der Waals surface area (Å²) in [7, 11) is 0. The largest absolute Gasteiger partial charge is 0.288 e. The standard InChI is InChI=1S/C18H21N/c1-6-15(4)10-18(13-19-12-14(2)3)17-9-7-8-16(5)11-17/h6-11,13H,1-2,4,12H2,3,5H3/b18-10+,19-13-. The molecule has 0 radical (unpaired) electrons. The molecule has 0 atom stereocenters. The van der Waals surface area contributed by atoms with Crippen LogP contribution in [-0.4, -0.2) is 12.8 Å². The van der Waals surface area contributed by atoms with E-state index in [1.807, 2.05) is 25.3 Å². The van der Waals surface area contributed by atoms with Crippen LogP contribution in [0.4, 0.5) is 0 Å². The fourth-order valence-electron chi connectivity index (χ4n) is 1.58. The van der Waals surface area contributed by atoms with Crippen LogP contribution >= 0.6 is 0 Å². The fourth-order valence-corrected chi connectivity index (χ4v) is 1.58. The fraction of sp³-hybridized carbons (Fsp3) is 0.167. The minimum atomic E-state index is 0.643. The van der Waals surface area contributed by atoms with Crippen molar-refractivity contribution in [3.05, 3.63) is 78.4 Å². The van der Waals surface area contributed by atoms with Gasteiger partial charge in [-0.1, -0.05) is 61.2 Å². The second kappa shape index (κ2) is 7.32. The summed E-state index contributed by atoms with van der Waals surface area (Å²) in [6, 6.07) is 8.33. The first kappa shape index (κ1) is 14.9. The Hall–Kier alpha value is -2.15. The van der Waals surface area contributed by atoms with E-state index in [4.69, 9.17) is 0 Å². The lowest BCUT2D eigenvalue weighted by Gasteiger charge is -2.04. The van der Waals surface area contributed by atoms with E-state index in [9.17, 15) is 0 Å². The lowest BCUT2D eigenvalue weighted by Crippen LogP contribution is -1.90. The van der Waals surface area contributed by atoms with Gasteiger partial charge in [0.15, 0.2) is 0 Å². The quantitative estimate of drug-likeness (QED) is 0.392. The SMILES string of the molecule is C=CC(=C)/C=C(\C=N/CC(=C)C)c1cccc(C)c1. The van der Waals surface area contributed by atoms with Gasteiger partial charge < -0.3 is 0 Å². The number of hydrogen-bond acceptors (Lipinski definition) is 1. The average Bonchev–Trinajstić information content (AvgIpc) is 2.37. The molecule has 0 aliphatic heterocycles. The van der Waals surface area contributed by atoms with Gasteiger partial charge in [-0.05, 0) is 31.1 Å². The van der Waals surface area contributed by atoms with Crippen molar-refractivity contribution in [2.45, 2.75) is 13.8 Å². The van der Waals surface area contributed by atoms with Crippen LogP contribution in [0.5, 0.6) is 0 Å². The van der Waals surface area contributed by atoms with Crippen molar-refractivity contribution in [3.63, 3.8) is 0 Å². The van der Waals surface area contributed by atoms with Gasteiger partial charge in [-0.3, -0.25) is 4.99 Å². The van der Waals surface area contributed by atoms with Crippen LogP contribution in [0.2, 0.25) is 0 Å². The van der Waals surface area contributed by atoms with Crippen LogP contribution in [0.3, 0.4) is 0 Å². The molecule has 1 nitrogen and oxygen atoms in total. The summed E-state index contributed by atoms with van der Waals surface area (Å²) in [5, 5.41) is 0. The predicted molar refractivity (Wildman–Crippen MR) is 86.7 cm³/mol. The van der Waals surface area contributed by atoms with Gasteiger partial charge in [0.2, 0.25) is 0 Å². The molecular formula is C18H21N. The smallest absolute Gasteiger partial charge is 0.0594 e. The summed E-state index contributed by atoms with van der Waals surface area (Å²) in [5.74, 6) is 0. The number of allylic oxidation sites excluding steroid dienone is 4. The Morgan fingerprint density at radius 2 is 2.05 bits per heavy atom. The molecule has 1 heteroatoms. The van der Waals surface area contributed by atoms with Crippen LogP contribution < -0.4 is 0 Å². The molecule has 19 heavy (non-hydrogen) atoms. The lowest BCUT2D eigenvalue weighted by molar-refractivity contribution is 1.15. The number of aryl methyl sites for hydroxylation is 1. The lowest BCUT2D eigenvalue weighted by atomic mass is 10.0. The van der Waals surface area contributed by atoms with Crippen molar-refractivity contribution in [3.8, 4) is 0 Å². The average molecular weight is 251 g/mol. The van der Waals surface area contributed by atoms with E-state index in [-0.39, 0.29) is 0 Å². The minimum absolute atomic E-state index is 0.643. The van der Waals surface area contributed by atoms with Crippen molar-refractivity contribution >= 4 is 11.8 Å². The third kappa shape index (κ3) is 5.35. The van der Waals surface area contributed by atoms with Crippen LogP contribution in [-0.2, 0) is 0 Å². The molecular weight excluding hydrogens is 230 g/mol. The minimum Gasteiger partial charge on any atom is -0.288 e. The molecule has 0 aliphatic rings. The van der Waals surface area contributed by atoms with Crippen molar-refractivity contribution in [2.75, 3.05) is 6.54 Å². The maximum absolute atomic E-state index is 4.40. The van der Waals surface area contributed by atoms with Crippen LogP contribution in [0.15, 0.2) is 72.3 Å². The Morgan fingerprint density at radius 1 is 1.32 bits per heavy atom. The Morgan fingerprint density at radius 3 is 2.63 bits per heavy atom. The monoisotopic (exact) mass is 251 g/mol. The Bertz CT molecular complexity index is 545. The molecule has 0 heterocycles. The second-order valence-electron chi connectivity index (χ2n) is 4.68. The van der Waals surface area contributed by atoms with Crippen LogP contribution in [0.1, 0.15) is 18.1 Å². The Kier molecular flexibility index (Phi) is 5.74. The number of rotatable bonds is 6. The van der Waals surface area contributed by atoms with Gasteiger partial charge in [-0.25, -0.2) is 0 Å². The molecule has 0 aliphatic carbocycles.